The number of imidazole rings is 1. The van der Waals surface area contributed by atoms with Crippen LogP contribution in [0.15, 0.2) is 36.2 Å². The number of nitrogens with zero attached hydrogens (tertiary/aromatic N) is 5. The molecule has 1 aliphatic heterocycles. The van der Waals surface area contributed by atoms with Crippen LogP contribution in [0.3, 0.4) is 0 Å². The molecule has 1 spiro atoms. The molecule has 2 fully saturated rings. The number of nitrogens with one attached hydrogen (secondary N) is 1. The molecule has 6 nitrogen and oxygen atoms in total. The molecule has 4 heterocycles. The van der Waals surface area contributed by atoms with Crippen LogP contribution < -0.4 is 5.32 Å². The van der Waals surface area contributed by atoms with Crippen molar-refractivity contribution in [3.63, 3.8) is 0 Å². The summed E-state index contributed by atoms with van der Waals surface area (Å²) in [7, 11) is 0. The van der Waals surface area contributed by atoms with Crippen molar-refractivity contribution in [2.45, 2.75) is 38.4 Å². The average Bonchev–Trinajstić information content (AvgIpc) is 3.03. The van der Waals surface area contributed by atoms with E-state index in [1.165, 1.54) is 30.0 Å². The van der Waals surface area contributed by atoms with Gasteiger partial charge in [0, 0.05) is 36.6 Å². The van der Waals surface area contributed by atoms with Crippen LogP contribution in [0.2, 0.25) is 0 Å². The third kappa shape index (κ3) is 2.86. The first kappa shape index (κ1) is 15.4. The van der Waals surface area contributed by atoms with Gasteiger partial charge in [-0.15, -0.1) is 11.3 Å². The summed E-state index contributed by atoms with van der Waals surface area (Å²) in [5.41, 5.74) is 1.72. The van der Waals surface area contributed by atoms with E-state index in [-0.39, 0.29) is 0 Å². The van der Waals surface area contributed by atoms with Crippen LogP contribution in [0, 0.1) is 5.41 Å². The summed E-state index contributed by atoms with van der Waals surface area (Å²) < 4.78 is 2.10. The zero-order valence-electron chi connectivity index (χ0n) is 14.1. The van der Waals surface area contributed by atoms with E-state index in [0.717, 1.165) is 32.0 Å². The molecule has 5 rings (SSSR count). The highest BCUT2D eigenvalue weighted by Crippen LogP contribution is 2.56. The summed E-state index contributed by atoms with van der Waals surface area (Å²) in [6.07, 6.45) is 11.6. The molecule has 0 radical (unpaired) electrons. The quantitative estimate of drug-likeness (QED) is 0.762. The normalized spacial score (nSPS) is 22.0. The van der Waals surface area contributed by atoms with Gasteiger partial charge in [-0.25, -0.2) is 15.0 Å². The Kier molecular flexibility index (Phi) is 3.80. The molecule has 1 saturated heterocycles. The summed E-state index contributed by atoms with van der Waals surface area (Å²) in [6.45, 7) is 4.12. The number of fused-ring (bicyclic) bond motifs is 1. The van der Waals surface area contributed by atoms with Crippen molar-refractivity contribution in [1.82, 2.24) is 29.6 Å². The Labute approximate surface area is 150 Å². The Morgan fingerprint density at radius 3 is 2.96 bits per heavy atom. The highest BCUT2D eigenvalue weighted by Gasteiger charge is 2.56. The predicted molar refractivity (Wildman–Crippen MR) is 97.3 cm³/mol. The van der Waals surface area contributed by atoms with Crippen LogP contribution in [-0.4, -0.2) is 43.4 Å². The first-order valence-electron chi connectivity index (χ1n) is 8.94. The van der Waals surface area contributed by atoms with Gasteiger partial charge in [0.1, 0.15) is 5.01 Å². The number of aromatic nitrogens is 4. The maximum absolute atomic E-state index is 4.52. The highest BCUT2D eigenvalue weighted by atomic mass is 32.1. The molecule has 1 saturated carbocycles. The van der Waals surface area contributed by atoms with Crippen LogP contribution in [-0.2, 0) is 13.1 Å². The second-order valence-corrected chi connectivity index (χ2v) is 8.18. The van der Waals surface area contributed by atoms with E-state index in [0.29, 0.717) is 11.5 Å². The molecule has 2 aliphatic rings. The molecule has 0 bridgehead atoms. The van der Waals surface area contributed by atoms with Crippen molar-refractivity contribution in [1.29, 1.82) is 0 Å². The molecular weight excluding hydrogens is 332 g/mol. The lowest BCUT2D eigenvalue weighted by Gasteiger charge is -2.29. The maximum Gasteiger partial charge on any atom is 0.233 e. The van der Waals surface area contributed by atoms with Gasteiger partial charge in [-0.05, 0) is 43.8 Å². The van der Waals surface area contributed by atoms with Crippen LogP contribution in [0.4, 0.5) is 0 Å². The molecule has 0 aromatic carbocycles. The minimum atomic E-state index is 0.515. The molecule has 25 heavy (non-hydrogen) atoms. The number of rotatable bonds is 5. The lowest BCUT2D eigenvalue weighted by molar-refractivity contribution is 0.185. The first-order chi connectivity index (χ1) is 12.3. The largest absolute Gasteiger partial charge is 0.317 e. The van der Waals surface area contributed by atoms with Gasteiger partial charge in [0.25, 0.3) is 0 Å². The molecule has 0 amide bonds. The second kappa shape index (κ2) is 6.16. The lowest BCUT2D eigenvalue weighted by Crippen LogP contribution is -2.36. The molecular formula is C18H22N6S. The standard InChI is InChI=1S/C18H22N6S/c1-4-21-17-22-11-14(24(17)8-1)12-23(13-16-20-7-9-25-16)15-10-18(15)2-5-19-6-3-18/h1,4,7-9,11,15,19H,2-3,5-6,10,12-13H2/t15-/m0/s1. The minimum absolute atomic E-state index is 0.515. The molecule has 130 valence electrons. The number of thiazole rings is 1. The monoisotopic (exact) mass is 354 g/mol. The van der Waals surface area contributed by atoms with Crippen LogP contribution in [0.5, 0.6) is 0 Å². The molecule has 1 aliphatic carbocycles. The van der Waals surface area contributed by atoms with E-state index in [9.17, 15) is 0 Å². The fourth-order valence-corrected chi connectivity index (χ4v) is 4.93. The molecule has 1 N–H and O–H groups in total. The Morgan fingerprint density at radius 2 is 2.12 bits per heavy atom. The first-order valence-corrected chi connectivity index (χ1v) is 9.82. The van der Waals surface area contributed by atoms with E-state index in [1.807, 2.05) is 18.5 Å². The summed E-state index contributed by atoms with van der Waals surface area (Å²) >= 11 is 1.75. The van der Waals surface area contributed by atoms with Gasteiger partial charge in [-0.3, -0.25) is 9.30 Å². The zero-order chi connectivity index (χ0) is 16.7. The topological polar surface area (TPSA) is 58.4 Å². The molecule has 0 unspecified atom stereocenters. The number of hydrogen-bond acceptors (Lipinski definition) is 6. The van der Waals surface area contributed by atoms with E-state index >= 15 is 0 Å². The van der Waals surface area contributed by atoms with E-state index in [2.05, 4.69) is 41.1 Å². The molecule has 1 atom stereocenters. The Balaban J connectivity index is 1.41. The second-order valence-electron chi connectivity index (χ2n) is 7.20. The molecule has 7 heteroatoms. The van der Waals surface area contributed by atoms with Gasteiger partial charge >= 0.3 is 0 Å². The van der Waals surface area contributed by atoms with Crippen molar-refractivity contribution in [3.05, 3.63) is 46.9 Å². The minimum Gasteiger partial charge on any atom is -0.317 e. The van der Waals surface area contributed by atoms with Crippen LogP contribution >= 0.6 is 11.3 Å². The lowest BCUT2D eigenvalue weighted by atomic mass is 9.93. The summed E-state index contributed by atoms with van der Waals surface area (Å²) in [6, 6.07) is 2.62. The average molecular weight is 354 g/mol. The smallest absolute Gasteiger partial charge is 0.233 e. The van der Waals surface area contributed by atoms with Gasteiger partial charge in [0.05, 0.1) is 18.4 Å². The zero-order valence-corrected chi connectivity index (χ0v) is 15.0. The van der Waals surface area contributed by atoms with Gasteiger partial charge in [-0.1, -0.05) is 0 Å². The summed E-state index contributed by atoms with van der Waals surface area (Å²) in [5, 5.41) is 6.77. The number of piperidine rings is 1. The van der Waals surface area contributed by atoms with Crippen LogP contribution in [0.1, 0.15) is 30.0 Å². The fraction of sp³-hybridized carbons (Fsp3) is 0.500. The van der Waals surface area contributed by atoms with Crippen molar-refractivity contribution in [2.75, 3.05) is 13.1 Å². The van der Waals surface area contributed by atoms with Crippen molar-refractivity contribution in [3.8, 4) is 0 Å². The van der Waals surface area contributed by atoms with E-state index in [1.54, 1.807) is 17.5 Å². The number of hydrogen-bond donors (Lipinski definition) is 1. The predicted octanol–water partition coefficient (Wildman–Crippen LogP) is 2.33. The maximum atomic E-state index is 4.52. The van der Waals surface area contributed by atoms with E-state index in [4.69, 9.17) is 0 Å². The van der Waals surface area contributed by atoms with Gasteiger partial charge < -0.3 is 5.32 Å². The molecule has 3 aromatic rings. The Hall–Kier alpha value is -1.83. The molecule has 3 aromatic heterocycles. The Bertz CT molecular complexity index is 851. The summed E-state index contributed by atoms with van der Waals surface area (Å²) in [4.78, 5) is 15.9. The van der Waals surface area contributed by atoms with Crippen molar-refractivity contribution >= 4 is 17.1 Å². The van der Waals surface area contributed by atoms with Gasteiger partial charge in [0.2, 0.25) is 5.78 Å². The van der Waals surface area contributed by atoms with E-state index < -0.39 is 0 Å². The van der Waals surface area contributed by atoms with Gasteiger partial charge in [-0.2, -0.15) is 0 Å². The van der Waals surface area contributed by atoms with Gasteiger partial charge in [0.15, 0.2) is 0 Å². The third-order valence-electron chi connectivity index (χ3n) is 5.74. The SMILES string of the molecule is c1cnc2ncc(CN(Cc3nccs3)[C@H]3CC34CCNCC4)n2c1. The van der Waals surface area contributed by atoms with Crippen molar-refractivity contribution < 1.29 is 0 Å². The fourth-order valence-electron chi connectivity index (χ4n) is 4.29. The van der Waals surface area contributed by atoms with Crippen molar-refractivity contribution in [2.24, 2.45) is 5.41 Å². The highest BCUT2D eigenvalue weighted by molar-refractivity contribution is 7.09. The van der Waals surface area contributed by atoms with Crippen LogP contribution in [0.25, 0.3) is 5.78 Å². The third-order valence-corrected chi connectivity index (χ3v) is 6.50. The Morgan fingerprint density at radius 1 is 1.20 bits per heavy atom. The summed E-state index contributed by atoms with van der Waals surface area (Å²) in [5.74, 6) is 0.777.